The number of hydrogen-bond acceptors (Lipinski definition) is 5. The third kappa shape index (κ3) is 4.72. The Morgan fingerprint density at radius 3 is 2.59 bits per heavy atom. The summed E-state index contributed by atoms with van der Waals surface area (Å²) in [6.45, 7) is 9.19. The van der Waals surface area contributed by atoms with E-state index in [0.717, 1.165) is 37.8 Å². The Kier molecular flexibility index (Phi) is 7.18. The lowest BCUT2D eigenvalue weighted by molar-refractivity contribution is -0.151. The van der Waals surface area contributed by atoms with Gasteiger partial charge in [0.15, 0.2) is 0 Å². The van der Waals surface area contributed by atoms with Crippen molar-refractivity contribution in [3.63, 3.8) is 0 Å². The molecule has 0 bridgehead atoms. The maximum absolute atomic E-state index is 11.4. The van der Waals surface area contributed by atoms with Gasteiger partial charge in [0.05, 0.1) is 24.9 Å². The molecule has 4 aliphatic carbocycles. The number of hydrogen-bond donors (Lipinski definition) is 3. The molecule has 206 valence electrons. The Morgan fingerprint density at radius 2 is 1.86 bits per heavy atom. The molecule has 4 fully saturated rings. The number of rotatable bonds is 7. The van der Waals surface area contributed by atoms with Crippen molar-refractivity contribution in [3.8, 4) is 0 Å². The third-order valence-corrected chi connectivity index (χ3v) is 11.6. The van der Waals surface area contributed by atoms with E-state index >= 15 is 0 Å². The van der Waals surface area contributed by atoms with Crippen molar-refractivity contribution in [2.75, 3.05) is 0 Å². The zero-order valence-corrected chi connectivity index (χ0v) is 23.0. The van der Waals surface area contributed by atoms with Gasteiger partial charge in [0.25, 0.3) is 0 Å². The van der Waals surface area contributed by atoms with Crippen LogP contribution in [0.15, 0.2) is 6.20 Å². The van der Waals surface area contributed by atoms with E-state index in [1.165, 1.54) is 32.6 Å². The Bertz CT molecular complexity index is 1010. The second kappa shape index (κ2) is 9.97. The lowest BCUT2D eigenvalue weighted by atomic mass is 9.43. The van der Waals surface area contributed by atoms with Gasteiger partial charge in [-0.2, -0.15) is 0 Å². The number of fused-ring (bicyclic) bond motifs is 5. The molecule has 3 N–H and O–H groups in total. The average Bonchev–Trinajstić information content (AvgIpc) is 3.45. The van der Waals surface area contributed by atoms with Crippen molar-refractivity contribution in [1.82, 2.24) is 20.3 Å². The molecule has 0 spiro atoms. The van der Waals surface area contributed by atoms with E-state index in [0.29, 0.717) is 42.1 Å². The normalized spacial score (nSPS) is 41.8. The second-order valence-corrected chi connectivity index (χ2v) is 13.5. The Balaban J connectivity index is 1.47. The third-order valence-electron chi connectivity index (χ3n) is 11.6. The van der Waals surface area contributed by atoms with Crippen molar-refractivity contribution in [2.24, 2.45) is 46.3 Å². The van der Waals surface area contributed by atoms with Crippen molar-refractivity contribution < 1.29 is 19.8 Å². The quantitative estimate of drug-likeness (QED) is 0.490. The van der Waals surface area contributed by atoms with E-state index in [1.807, 2.05) is 6.20 Å². The van der Waals surface area contributed by atoms with Crippen LogP contribution in [0.25, 0.3) is 0 Å². The monoisotopic (exact) mass is 514 g/mol. The fourth-order valence-corrected chi connectivity index (χ4v) is 9.78. The Labute approximate surface area is 221 Å². The summed E-state index contributed by atoms with van der Waals surface area (Å²) < 4.78 is 2.10. The first kappa shape index (κ1) is 26.6. The number of carbonyl (C=O) groups is 2. The van der Waals surface area contributed by atoms with Gasteiger partial charge in [0, 0.05) is 13.3 Å². The van der Waals surface area contributed by atoms with Gasteiger partial charge in [0.2, 0.25) is 5.91 Å². The van der Waals surface area contributed by atoms with E-state index in [9.17, 15) is 19.8 Å². The first-order valence-electron chi connectivity index (χ1n) is 14.6. The lowest BCUT2D eigenvalue weighted by Gasteiger charge is -2.63. The molecule has 0 saturated heterocycles. The molecule has 10 atom stereocenters. The number of nitrogens with one attached hydrogen (secondary N) is 1. The highest BCUT2D eigenvalue weighted by molar-refractivity contribution is 5.72. The first-order chi connectivity index (χ1) is 17.5. The number of carbonyl (C=O) groups excluding carboxylic acids is 1. The summed E-state index contributed by atoms with van der Waals surface area (Å²) in [6, 6.07) is 0.240. The molecule has 0 radical (unpaired) electrons. The smallest absolute Gasteiger partial charge is 0.303 e. The van der Waals surface area contributed by atoms with Crippen molar-refractivity contribution >= 4 is 11.9 Å². The van der Waals surface area contributed by atoms with Crippen LogP contribution in [0.1, 0.15) is 104 Å². The summed E-state index contributed by atoms with van der Waals surface area (Å²) in [4.78, 5) is 22.7. The molecule has 0 aliphatic heterocycles. The van der Waals surface area contributed by atoms with E-state index < -0.39 is 5.97 Å². The van der Waals surface area contributed by atoms with Crippen molar-refractivity contribution in [1.29, 1.82) is 0 Å². The topological polar surface area (TPSA) is 117 Å². The largest absolute Gasteiger partial charge is 0.481 e. The first-order valence-corrected chi connectivity index (χ1v) is 14.6. The summed E-state index contributed by atoms with van der Waals surface area (Å²) in [5, 5.41) is 31.8. The summed E-state index contributed by atoms with van der Waals surface area (Å²) in [5.41, 5.74) is 1.25. The van der Waals surface area contributed by atoms with E-state index in [-0.39, 0.29) is 35.3 Å². The van der Waals surface area contributed by atoms with Crippen LogP contribution in [0.2, 0.25) is 0 Å². The van der Waals surface area contributed by atoms with Gasteiger partial charge in [0.1, 0.15) is 5.69 Å². The molecule has 1 amide bonds. The number of nitrogens with zero attached hydrogens (tertiary/aromatic N) is 3. The summed E-state index contributed by atoms with van der Waals surface area (Å²) in [5.74, 6) is 2.36. The number of amides is 1. The van der Waals surface area contributed by atoms with Crippen LogP contribution in [0.3, 0.4) is 0 Å². The maximum Gasteiger partial charge on any atom is 0.303 e. The Morgan fingerprint density at radius 1 is 1.14 bits per heavy atom. The van der Waals surface area contributed by atoms with Gasteiger partial charge in [-0.1, -0.05) is 26.0 Å². The second-order valence-electron chi connectivity index (χ2n) is 13.5. The molecule has 8 nitrogen and oxygen atoms in total. The van der Waals surface area contributed by atoms with Crippen molar-refractivity contribution in [2.45, 2.75) is 111 Å². The van der Waals surface area contributed by atoms with E-state index in [2.05, 4.69) is 41.1 Å². The predicted molar refractivity (Wildman–Crippen MR) is 139 cm³/mol. The van der Waals surface area contributed by atoms with Crippen LogP contribution in [0, 0.1) is 46.3 Å². The van der Waals surface area contributed by atoms with Crippen molar-refractivity contribution in [3.05, 3.63) is 11.9 Å². The highest BCUT2D eigenvalue weighted by atomic mass is 16.4. The minimum absolute atomic E-state index is 0.0729. The molecular weight excluding hydrogens is 468 g/mol. The predicted octanol–water partition coefficient (Wildman–Crippen LogP) is 4.59. The summed E-state index contributed by atoms with van der Waals surface area (Å²) in [6.07, 6.45) is 11.5. The molecule has 1 aromatic heterocycles. The van der Waals surface area contributed by atoms with E-state index in [1.54, 1.807) is 0 Å². The molecule has 1 aromatic rings. The minimum atomic E-state index is -0.692. The highest BCUT2D eigenvalue weighted by Crippen LogP contribution is 2.70. The van der Waals surface area contributed by atoms with Crippen LogP contribution in [0.4, 0.5) is 0 Å². The molecule has 8 heteroatoms. The fourth-order valence-electron chi connectivity index (χ4n) is 9.78. The minimum Gasteiger partial charge on any atom is -0.481 e. The number of aliphatic hydroxyl groups excluding tert-OH is 1. The molecule has 1 unspecified atom stereocenters. The van der Waals surface area contributed by atoms with Gasteiger partial charge in [-0.3, -0.25) is 9.59 Å². The molecule has 0 aromatic carbocycles. The summed E-state index contributed by atoms with van der Waals surface area (Å²) >= 11 is 0. The van der Waals surface area contributed by atoms with Crippen LogP contribution in [-0.2, 0) is 16.1 Å². The number of carboxylic acids is 1. The molecular formula is C29H46N4O4. The summed E-state index contributed by atoms with van der Waals surface area (Å²) in [7, 11) is 0. The van der Waals surface area contributed by atoms with Crippen LogP contribution in [-0.4, -0.2) is 43.2 Å². The maximum atomic E-state index is 11.4. The molecule has 1 heterocycles. The molecule has 4 aliphatic rings. The standard InChI is InChI=1S/C29H46N4O4/c1-17(5-8-26(36)37)22-6-7-23-27-24(10-12-29(22,23)4)28(3)11-9-21(35)13-19(28)14-25(27)33-16-20(31-32-33)15-30-18(2)34/h16-17,19,21-25,27,35H,5-15H2,1-4H3,(H,30,34)(H,36,37)/t17?,19-,21+,22+,23-,24-,25-,27-,28-,29+/m0/s1. The SMILES string of the molecule is CC(=O)NCc1cn([C@H]2C[C@@H]3C[C@H](O)CC[C@]3(C)[C@H]3CC[C@]4(C)[C@@H](C(C)CCC(=O)O)CC[C@H]4[C@H]23)nn1. The van der Waals surface area contributed by atoms with Gasteiger partial charge in [-0.25, -0.2) is 4.68 Å². The van der Waals surface area contributed by atoms with Gasteiger partial charge < -0.3 is 15.5 Å². The van der Waals surface area contributed by atoms with Crippen LogP contribution in [0.5, 0.6) is 0 Å². The molecule has 4 saturated carbocycles. The number of aliphatic carboxylic acids is 1. The van der Waals surface area contributed by atoms with Crippen LogP contribution < -0.4 is 5.32 Å². The number of aromatic nitrogens is 3. The molecule has 5 rings (SSSR count). The van der Waals surface area contributed by atoms with Gasteiger partial charge in [-0.05, 0) is 104 Å². The Hall–Kier alpha value is -1.96. The zero-order chi connectivity index (χ0) is 26.5. The molecule has 37 heavy (non-hydrogen) atoms. The highest BCUT2D eigenvalue weighted by Gasteiger charge is 2.63. The zero-order valence-electron chi connectivity index (χ0n) is 23.0. The fraction of sp³-hybridized carbons (Fsp3) is 0.862. The van der Waals surface area contributed by atoms with Gasteiger partial charge >= 0.3 is 5.97 Å². The van der Waals surface area contributed by atoms with Gasteiger partial charge in [-0.15, -0.1) is 5.10 Å². The average molecular weight is 515 g/mol. The van der Waals surface area contributed by atoms with Crippen LogP contribution >= 0.6 is 0 Å². The number of carboxylic acid groups (broad SMARTS) is 1. The number of aliphatic hydroxyl groups is 1. The van der Waals surface area contributed by atoms with E-state index in [4.69, 9.17) is 0 Å². The lowest BCUT2D eigenvalue weighted by Crippen LogP contribution is -2.57.